The lowest BCUT2D eigenvalue weighted by Gasteiger charge is -2.42. The molecule has 0 bridgehead atoms. The zero-order valence-electron chi connectivity index (χ0n) is 13.8. The van der Waals surface area contributed by atoms with Crippen LogP contribution in [0.4, 0.5) is 0 Å². The van der Waals surface area contributed by atoms with Crippen LogP contribution in [0.3, 0.4) is 0 Å². The fraction of sp³-hybridized carbons (Fsp3) is 0.714. The molecule has 0 radical (unpaired) electrons. The van der Waals surface area contributed by atoms with E-state index in [2.05, 4.69) is 0 Å². The number of hydrogen-bond donors (Lipinski definition) is 1. The number of esters is 4. The molecule has 1 aliphatic rings. The fourth-order valence-electron chi connectivity index (χ4n) is 2.20. The molecule has 0 aromatic carbocycles. The highest BCUT2D eigenvalue weighted by molar-refractivity contribution is 5.68. The summed E-state index contributed by atoms with van der Waals surface area (Å²) in [6.07, 6.45) is -4.58. The third-order valence-corrected chi connectivity index (χ3v) is 3.03. The van der Waals surface area contributed by atoms with E-state index < -0.39 is 54.5 Å². The van der Waals surface area contributed by atoms with Gasteiger partial charge in [0.05, 0.1) is 0 Å². The third-order valence-electron chi connectivity index (χ3n) is 3.03. The van der Waals surface area contributed by atoms with Gasteiger partial charge in [-0.15, -0.1) is 0 Å². The maximum absolute atomic E-state index is 11.3. The van der Waals surface area contributed by atoms with Gasteiger partial charge < -0.3 is 29.4 Å². The Kier molecular flexibility index (Phi) is 7.11. The van der Waals surface area contributed by atoms with E-state index in [0.717, 1.165) is 20.8 Å². The third kappa shape index (κ3) is 5.78. The van der Waals surface area contributed by atoms with Gasteiger partial charge in [-0.2, -0.15) is 0 Å². The molecule has 1 rings (SSSR count). The number of rotatable bonds is 5. The molecular weight excluding hydrogens is 326 g/mol. The first-order valence-corrected chi connectivity index (χ1v) is 7.18. The maximum atomic E-state index is 11.3. The van der Waals surface area contributed by atoms with Gasteiger partial charge in [0, 0.05) is 27.7 Å². The number of ether oxygens (including phenoxy) is 5. The van der Waals surface area contributed by atoms with Gasteiger partial charge in [-0.05, 0) is 0 Å². The van der Waals surface area contributed by atoms with Gasteiger partial charge in [0.15, 0.2) is 12.2 Å². The molecule has 0 saturated carbocycles. The first-order chi connectivity index (χ1) is 11.1. The van der Waals surface area contributed by atoms with Crippen LogP contribution < -0.4 is 5.73 Å². The van der Waals surface area contributed by atoms with Gasteiger partial charge in [-0.3, -0.25) is 19.2 Å². The van der Waals surface area contributed by atoms with Crippen molar-refractivity contribution in [3.8, 4) is 0 Å². The first kappa shape index (κ1) is 19.8. The molecule has 0 aliphatic carbocycles. The number of carbonyl (C=O) groups is 4. The minimum Gasteiger partial charge on any atom is -0.463 e. The van der Waals surface area contributed by atoms with Crippen molar-refractivity contribution in [2.24, 2.45) is 5.73 Å². The molecule has 136 valence electrons. The summed E-state index contributed by atoms with van der Waals surface area (Å²) in [7, 11) is 0. The van der Waals surface area contributed by atoms with E-state index in [9.17, 15) is 19.2 Å². The van der Waals surface area contributed by atoms with Gasteiger partial charge in [0.25, 0.3) is 0 Å². The van der Waals surface area contributed by atoms with E-state index in [0.29, 0.717) is 0 Å². The highest BCUT2D eigenvalue weighted by Crippen LogP contribution is 2.26. The summed E-state index contributed by atoms with van der Waals surface area (Å²) in [4.78, 5) is 44.9. The van der Waals surface area contributed by atoms with E-state index in [4.69, 9.17) is 29.4 Å². The second kappa shape index (κ2) is 8.60. The van der Waals surface area contributed by atoms with Crippen LogP contribution in [-0.2, 0) is 42.9 Å². The van der Waals surface area contributed by atoms with Gasteiger partial charge in [0.1, 0.15) is 18.8 Å². The predicted octanol–water partition coefficient (Wildman–Crippen LogP) is -0.972. The number of hydrogen-bond acceptors (Lipinski definition) is 10. The van der Waals surface area contributed by atoms with Crippen LogP contribution in [0.2, 0.25) is 0 Å². The fourth-order valence-corrected chi connectivity index (χ4v) is 2.20. The summed E-state index contributed by atoms with van der Waals surface area (Å²) >= 11 is 0. The monoisotopic (exact) mass is 347 g/mol. The van der Waals surface area contributed by atoms with Crippen LogP contribution in [0.15, 0.2) is 0 Å². The van der Waals surface area contributed by atoms with Crippen LogP contribution in [-0.4, -0.2) is 61.1 Å². The molecular formula is C14H21NO9. The predicted molar refractivity (Wildman–Crippen MR) is 76.1 cm³/mol. The van der Waals surface area contributed by atoms with Crippen molar-refractivity contribution < 1.29 is 42.9 Å². The van der Waals surface area contributed by atoms with Crippen molar-refractivity contribution in [2.45, 2.75) is 58.3 Å². The quantitative estimate of drug-likeness (QED) is 0.487. The Labute approximate surface area is 138 Å². The molecule has 1 heterocycles. The molecule has 1 saturated heterocycles. The smallest absolute Gasteiger partial charge is 0.304 e. The molecule has 10 heteroatoms. The average molecular weight is 347 g/mol. The van der Waals surface area contributed by atoms with E-state index in [1.165, 1.54) is 6.92 Å². The van der Waals surface area contributed by atoms with Crippen molar-refractivity contribution in [1.82, 2.24) is 0 Å². The summed E-state index contributed by atoms with van der Waals surface area (Å²) in [6.45, 7) is 4.32. The molecule has 10 nitrogen and oxygen atoms in total. The first-order valence-electron chi connectivity index (χ1n) is 7.18. The second-order valence-electron chi connectivity index (χ2n) is 5.18. The summed E-state index contributed by atoms with van der Waals surface area (Å²) in [5, 5.41) is 0. The number of carbonyl (C=O) groups excluding carboxylic acids is 4. The van der Waals surface area contributed by atoms with Gasteiger partial charge in [-0.25, -0.2) is 0 Å². The zero-order valence-corrected chi connectivity index (χ0v) is 13.8. The Balaban J connectivity index is 3.08. The van der Waals surface area contributed by atoms with Crippen LogP contribution >= 0.6 is 0 Å². The lowest BCUT2D eigenvalue weighted by molar-refractivity contribution is -0.267. The molecule has 5 atom stereocenters. The molecule has 0 aromatic rings. The molecule has 0 spiro atoms. The minimum absolute atomic E-state index is 0.310. The van der Waals surface area contributed by atoms with Crippen molar-refractivity contribution in [1.29, 1.82) is 0 Å². The molecule has 2 unspecified atom stereocenters. The van der Waals surface area contributed by atoms with Gasteiger partial charge in [-0.1, -0.05) is 0 Å². The Morgan fingerprint density at radius 3 is 1.79 bits per heavy atom. The zero-order chi connectivity index (χ0) is 18.4. The van der Waals surface area contributed by atoms with Crippen LogP contribution in [0, 0.1) is 0 Å². The van der Waals surface area contributed by atoms with Crippen LogP contribution in [0.25, 0.3) is 0 Å². The van der Waals surface area contributed by atoms with Gasteiger partial charge >= 0.3 is 23.9 Å². The van der Waals surface area contributed by atoms with E-state index in [-0.39, 0.29) is 6.61 Å². The van der Waals surface area contributed by atoms with E-state index in [1.54, 1.807) is 0 Å². The van der Waals surface area contributed by atoms with Crippen LogP contribution in [0.5, 0.6) is 0 Å². The standard InChI is InChI=1S/C14H21NO9/c1-6(16)20-5-10-12(21-7(2)17)13(22-8(3)18)11(15)14(24-10)23-9(4)19/h10-14H,5,15H2,1-4H3/t10-,11-,12?,13-,14?/m1/s1. The van der Waals surface area contributed by atoms with E-state index >= 15 is 0 Å². The topological polar surface area (TPSA) is 140 Å². The van der Waals surface area contributed by atoms with E-state index in [1.807, 2.05) is 0 Å². The largest absolute Gasteiger partial charge is 0.463 e. The molecule has 2 N–H and O–H groups in total. The molecule has 0 aromatic heterocycles. The summed E-state index contributed by atoms with van der Waals surface area (Å²) in [6, 6.07) is -1.10. The maximum Gasteiger partial charge on any atom is 0.304 e. The summed E-state index contributed by atoms with van der Waals surface area (Å²) < 4.78 is 25.5. The normalized spacial score (nSPS) is 29.3. The lowest BCUT2D eigenvalue weighted by atomic mass is 9.97. The molecule has 0 amide bonds. The molecule has 24 heavy (non-hydrogen) atoms. The molecule has 1 aliphatic heterocycles. The lowest BCUT2D eigenvalue weighted by Crippen LogP contribution is -2.65. The summed E-state index contributed by atoms with van der Waals surface area (Å²) in [5.74, 6) is -2.62. The van der Waals surface area contributed by atoms with Crippen LogP contribution in [0.1, 0.15) is 27.7 Å². The second-order valence-corrected chi connectivity index (χ2v) is 5.18. The average Bonchev–Trinajstić information content (AvgIpc) is 2.42. The Morgan fingerprint density at radius 1 is 0.833 bits per heavy atom. The van der Waals surface area contributed by atoms with Crippen molar-refractivity contribution >= 4 is 23.9 Å². The van der Waals surface area contributed by atoms with Crippen molar-refractivity contribution in [3.63, 3.8) is 0 Å². The Morgan fingerprint density at radius 2 is 1.33 bits per heavy atom. The Bertz CT molecular complexity index is 490. The van der Waals surface area contributed by atoms with Crippen molar-refractivity contribution in [2.75, 3.05) is 6.61 Å². The highest BCUT2D eigenvalue weighted by Gasteiger charge is 2.50. The highest BCUT2D eigenvalue weighted by atomic mass is 16.7. The number of nitrogens with two attached hydrogens (primary N) is 1. The van der Waals surface area contributed by atoms with Crippen molar-refractivity contribution in [3.05, 3.63) is 0 Å². The SMILES string of the molecule is CC(=O)OC[C@H]1OC(OC(C)=O)[C@H](N)[C@@H](OC(C)=O)C1OC(C)=O. The van der Waals surface area contributed by atoms with Gasteiger partial charge in [0.2, 0.25) is 6.29 Å². The minimum atomic E-state index is -1.26. The summed E-state index contributed by atoms with van der Waals surface area (Å²) in [5.41, 5.74) is 5.93. The Hall–Kier alpha value is -2.20. The molecule has 1 fully saturated rings.